The van der Waals surface area contributed by atoms with E-state index in [0.29, 0.717) is 0 Å². The third-order valence-corrected chi connectivity index (χ3v) is 4.91. The molecule has 1 fully saturated rings. The molecular weight excluding hydrogens is 310 g/mol. The van der Waals surface area contributed by atoms with E-state index in [2.05, 4.69) is 28.9 Å². The van der Waals surface area contributed by atoms with E-state index in [1.54, 1.807) is 0 Å². The summed E-state index contributed by atoms with van der Waals surface area (Å²) < 4.78 is 1.02. The third kappa shape index (κ3) is 3.72. The Morgan fingerprint density at radius 3 is 2.89 bits per heavy atom. The molecule has 2 atom stereocenters. The van der Waals surface area contributed by atoms with Crippen LogP contribution in [0.1, 0.15) is 44.6 Å². The van der Waals surface area contributed by atoms with E-state index in [9.17, 15) is 0 Å². The second kappa shape index (κ2) is 5.94. The van der Waals surface area contributed by atoms with Gasteiger partial charge in [-0.3, -0.25) is 0 Å². The Labute approximate surface area is 123 Å². The summed E-state index contributed by atoms with van der Waals surface area (Å²) in [6.07, 6.45) is 6.92. The first-order valence-electron chi connectivity index (χ1n) is 6.71. The maximum Gasteiger partial charge on any atom is 0.0449 e. The van der Waals surface area contributed by atoms with Crippen molar-refractivity contribution in [2.75, 3.05) is 0 Å². The van der Waals surface area contributed by atoms with Crippen LogP contribution in [0.15, 0.2) is 22.7 Å². The Balaban J connectivity index is 2.11. The molecule has 0 heterocycles. The van der Waals surface area contributed by atoms with Gasteiger partial charge < -0.3 is 5.73 Å². The Bertz CT molecular complexity index is 421. The monoisotopic (exact) mass is 329 g/mol. The summed E-state index contributed by atoms with van der Waals surface area (Å²) in [5, 5.41) is 0.825. The van der Waals surface area contributed by atoms with Crippen molar-refractivity contribution >= 4 is 27.5 Å². The molecule has 1 aromatic carbocycles. The number of halogens is 2. The van der Waals surface area contributed by atoms with E-state index in [1.165, 1.54) is 24.8 Å². The molecule has 1 saturated carbocycles. The quantitative estimate of drug-likeness (QED) is 0.763. The SMILES string of the molecule is CC1CCCC(N)(Cc2ccc(Br)cc2Cl)CC1. The zero-order valence-electron chi connectivity index (χ0n) is 10.9. The number of hydrogen-bond acceptors (Lipinski definition) is 1. The molecule has 1 aromatic rings. The van der Waals surface area contributed by atoms with Crippen molar-refractivity contribution in [1.82, 2.24) is 0 Å². The van der Waals surface area contributed by atoms with Gasteiger partial charge in [-0.05, 0) is 49.3 Å². The van der Waals surface area contributed by atoms with Gasteiger partial charge in [-0.15, -0.1) is 0 Å². The van der Waals surface area contributed by atoms with E-state index in [0.717, 1.165) is 34.7 Å². The van der Waals surface area contributed by atoms with E-state index in [4.69, 9.17) is 17.3 Å². The molecule has 2 unspecified atom stereocenters. The lowest BCUT2D eigenvalue weighted by molar-refractivity contribution is 0.363. The van der Waals surface area contributed by atoms with Crippen molar-refractivity contribution in [3.63, 3.8) is 0 Å². The fraction of sp³-hybridized carbons (Fsp3) is 0.600. The summed E-state index contributed by atoms with van der Waals surface area (Å²) in [6, 6.07) is 6.10. The van der Waals surface area contributed by atoms with Crippen LogP contribution >= 0.6 is 27.5 Å². The molecule has 0 bridgehead atoms. The van der Waals surface area contributed by atoms with Gasteiger partial charge in [-0.2, -0.15) is 0 Å². The van der Waals surface area contributed by atoms with Crippen molar-refractivity contribution in [2.45, 2.75) is 51.0 Å². The van der Waals surface area contributed by atoms with Gasteiger partial charge in [0.05, 0.1) is 0 Å². The molecule has 0 radical (unpaired) electrons. The minimum atomic E-state index is -0.0672. The molecule has 2 N–H and O–H groups in total. The predicted octanol–water partition coefficient (Wildman–Crippen LogP) is 4.94. The summed E-state index contributed by atoms with van der Waals surface area (Å²) in [5.41, 5.74) is 7.70. The van der Waals surface area contributed by atoms with Crippen molar-refractivity contribution in [1.29, 1.82) is 0 Å². The Morgan fingerprint density at radius 1 is 1.39 bits per heavy atom. The first-order chi connectivity index (χ1) is 8.48. The van der Waals surface area contributed by atoms with Crippen molar-refractivity contribution in [2.24, 2.45) is 11.7 Å². The first-order valence-corrected chi connectivity index (χ1v) is 7.88. The highest BCUT2D eigenvalue weighted by Gasteiger charge is 2.28. The van der Waals surface area contributed by atoms with Gasteiger partial charge in [0.1, 0.15) is 0 Å². The number of nitrogens with two attached hydrogens (primary N) is 1. The van der Waals surface area contributed by atoms with Gasteiger partial charge in [0, 0.05) is 15.0 Å². The van der Waals surface area contributed by atoms with Gasteiger partial charge in [0.25, 0.3) is 0 Å². The highest BCUT2D eigenvalue weighted by atomic mass is 79.9. The second-order valence-corrected chi connectivity index (χ2v) is 7.13. The van der Waals surface area contributed by atoms with Crippen LogP contribution in [-0.2, 0) is 6.42 Å². The van der Waals surface area contributed by atoms with Crippen molar-refractivity contribution in [3.8, 4) is 0 Å². The lowest BCUT2D eigenvalue weighted by atomic mass is 9.84. The Hall–Kier alpha value is -0.0500. The molecule has 0 amide bonds. The molecule has 0 aromatic heterocycles. The molecule has 0 saturated heterocycles. The van der Waals surface area contributed by atoms with Gasteiger partial charge in [-0.25, -0.2) is 0 Å². The van der Waals surface area contributed by atoms with Crippen LogP contribution in [0, 0.1) is 5.92 Å². The number of benzene rings is 1. The highest BCUT2D eigenvalue weighted by Crippen LogP contribution is 2.33. The second-order valence-electron chi connectivity index (χ2n) is 5.81. The van der Waals surface area contributed by atoms with Crippen molar-refractivity contribution < 1.29 is 0 Å². The summed E-state index contributed by atoms with van der Waals surface area (Å²) >= 11 is 9.73. The largest absolute Gasteiger partial charge is 0.325 e. The maximum absolute atomic E-state index is 6.59. The van der Waals surface area contributed by atoms with E-state index >= 15 is 0 Å². The lowest BCUT2D eigenvalue weighted by Gasteiger charge is -2.28. The molecule has 0 aliphatic heterocycles. The predicted molar refractivity (Wildman–Crippen MR) is 82.0 cm³/mol. The molecule has 18 heavy (non-hydrogen) atoms. The molecule has 0 spiro atoms. The first kappa shape index (κ1) is 14.4. The Morgan fingerprint density at radius 2 is 2.17 bits per heavy atom. The smallest absolute Gasteiger partial charge is 0.0449 e. The summed E-state index contributed by atoms with van der Waals surface area (Å²) in [6.45, 7) is 2.33. The molecular formula is C15H21BrClN. The van der Waals surface area contributed by atoms with E-state index in [1.807, 2.05) is 12.1 Å². The molecule has 100 valence electrons. The van der Waals surface area contributed by atoms with E-state index < -0.39 is 0 Å². The lowest BCUT2D eigenvalue weighted by Crippen LogP contribution is -2.41. The fourth-order valence-corrected chi connectivity index (χ4v) is 3.57. The fourth-order valence-electron chi connectivity index (χ4n) is 2.83. The minimum absolute atomic E-state index is 0.0672. The van der Waals surface area contributed by atoms with Crippen LogP contribution in [0.3, 0.4) is 0 Å². The van der Waals surface area contributed by atoms with Gasteiger partial charge >= 0.3 is 0 Å². The van der Waals surface area contributed by atoms with Crippen LogP contribution in [0.4, 0.5) is 0 Å². The van der Waals surface area contributed by atoms with Crippen LogP contribution in [-0.4, -0.2) is 5.54 Å². The molecule has 3 heteroatoms. The van der Waals surface area contributed by atoms with Gasteiger partial charge in [-0.1, -0.05) is 53.4 Å². The summed E-state index contributed by atoms with van der Waals surface area (Å²) in [5.74, 6) is 0.816. The number of hydrogen-bond donors (Lipinski definition) is 1. The zero-order valence-corrected chi connectivity index (χ0v) is 13.2. The minimum Gasteiger partial charge on any atom is -0.325 e. The average molecular weight is 331 g/mol. The van der Waals surface area contributed by atoms with Crippen LogP contribution in [0.5, 0.6) is 0 Å². The average Bonchev–Trinajstić information content (AvgIpc) is 2.46. The maximum atomic E-state index is 6.59. The standard InChI is InChI=1S/C15H21BrClN/c1-11-3-2-7-15(18,8-6-11)10-12-4-5-13(16)9-14(12)17/h4-5,9,11H,2-3,6-8,10,18H2,1H3. The normalized spacial score (nSPS) is 29.0. The van der Waals surface area contributed by atoms with Crippen molar-refractivity contribution in [3.05, 3.63) is 33.3 Å². The molecule has 2 rings (SSSR count). The van der Waals surface area contributed by atoms with Gasteiger partial charge in [0.2, 0.25) is 0 Å². The molecule has 1 aliphatic carbocycles. The summed E-state index contributed by atoms with van der Waals surface area (Å²) in [7, 11) is 0. The topological polar surface area (TPSA) is 26.0 Å². The van der Waals surface area contributed by atoms with Crippen LogP contribution in [0.25, 0.3) is 0 Å². The summed E-state index contributed by atoms with van der Waals surface area (Å²) in [4.78, 5) is 0. The number of rotatable bonds is 2. The van der Waals surface area contributed by atoms with E-state index in [-0.39, 0.29) is 5.54 Å². The highest BCUT2D eigenvalue weighted by molar-refractivity contribution is 9.10. The zero-order chi connectivity index (χ0) is 13.2. The third-order valence-electron chi connectivity index (χ3n) is 4.06. The van der Waals surface area contributed by atoms with Crippen LogP contribution < -0.4 is 5.73 Å². The molecule has 1 aliphatic rings. The Kier molecular flexibility index (Phi) is 4.74. The molecule has 1 nitrogen and oxygen atoms in total. The van der Waals surface area contributed by atoms with Gasteiger partial charge in [0.15, 0.2) is 0 Å². The van der Waals surface area contributed by atoms with Crippen LogP contribution in [0.2, 0.25) is 5.02 Å².